The lowest BCUT2D eigenvalue weighted by Crippen LogP contribution is -2.60. The Kier molecular flexibility index (Phi) is 6.47. The van der Waals surface area contributed by atoms with Gasteiger partial charge < -0.3 is 29.9 Å². The Morgan fingerprint density at radius 3 is 2.30 bits per heavy atom. The van der Waals surface area contributed by atoms with E-state index in [1.807, 2.05) is 0 Å². The van der Waals surface area contributed by atoms with E-state index in [0.717, 1.165) is 0 Å². The van der Waals surface area contributed by atoms with Crippen LogP contribution in [-0.2, 0) is 19.1 Å². The van der Waals surface area contributed by atoms with Crippen LogP contribution < -0.4 is 0 Å². The highest BCUT2D eigenvalue weighted by atomic mass is 19.1. The molecule has 9 heteroatoms. The lowest BCUT2D eigenvalue weighted by atomic mass is 9.96. The van der Waals surface area contributed by atoms with Crippen molar-refractivity contribution in [1.82, 2.24) is 0 Å². The van der Waals surface area contributed by atoms with Gasteiger partial charge in [0.1, 0.15) is 24.1 Å². The molecule has 0 aromatic heterocycles. The van der Waals surface area contributed by atoms with Crippen LogP contribution in [0.3, 0.4) is 0 Å². The second-order valence-electron chi connectivity index (χ2n) is 7.00. The Morgan fingerprint density at radius 1 is 1.03 bits per heavy atom. The zero-order chi connectivity index (χ0) is 22.0. The third kappa shape index (κ3) is 4.34. The largest absolute Gasteiger partial charge is 0.479 e. The summed E-state index contributed by atoms with van der Waals surface area (Å²) in [6.07, 6.45) is -9.35. The molecule has 2 aromatic carbocycles. The maximum atomic E-state index is 14.6. The van der Waals surface area contributed by atoms with E-state index in [-0.39, 0.29) is 5.56 Å². The van der Waals surface area contributed by atoms with Crippen LogP contribution in [0.2, 0.25) is 0 Å². The van der Waals surface area contributed by atoms with Gasteiger partial charge in [-0.15, -0.1) is 0 Å². The summed E-state index contributed by atoms with van der Waals surface area (Å²) >= 11 is 0. The Labute approximate surface area is 171 Å². The summed E-state index contributed by atoms with van der Waals surface area (Å²) < 4.78 is 24.5. The van der Waals surface area contributed by atoms with Crippen LogP contribution in [-0.4, -0.2) is 63.1 Å². The van der Waals surface area contributed by atoms with E-state index in [2.05, 4.69) is 0 Å². The van der Waals surface area contributed by atoms with Gasteiger partial charge in [-0.25, -0.2) is 9.18 Å². The monoisotopic (exact) mass is 420 g/mol. The molecule has 3 rings (SSSR count). The number of halogens is 1. The number of aliphatic hydroxyl groups is 3. The van der Waals surface area contributed by atoms with Gasteiger partial charge in [0.15, 0.2) is 6.10 Å². The number of carbonyl (C=O) groups is 2. The Balaban J connectivity index is 1.74. The second-order valence-corrected chi connectivity index (χ2v) is 7.00. The number of carboxylic acids is 1. The van der Waals surface area contributed by atoms with Gasteiger partial charge in [-0.1, -0.05) is 42.5 Å². The Morgan fingerprint density at radius 2 is 1.70 bits per heavy atom. The number of aliphatic carboxylic acids is 1. The van der Waals surface area contributed by atoms with Crippen molar-refractivity contribution in [2.45, 2.75) is 43.5 Å². The number of ether oxygens (including phenoxy) is 2. The molecule has 4 N–H and O–H groups in total. The van der Waals surface area contributed by atoms with Gasteiger partial charge in [0.2, 0.25) is 6.29 Å². The van der Waals surface area contributed by atoms with Crippen LogP contribution >= 0.6 is 0 Å². The normalized spacial score (nSPS) is 27.3. The number of esters is 1. The van der Waals surface area contributed by atoms with Gasteiger partial charge in [0.25, 0.3) is 0 Å². The van der Waals surface area contributed by atoms with Crippen molar-refractivity contribution in [3.63, 3.8) is 0 Å². The van der Waals surface area contributed by atoms with Crippen LogP contribution in [0.5, 0.6) is 0 Å². The predicted octanol–water partition coefficient (Wildman–Crippen LogP) is 1.03. The summed E-state index contributed by atoms with van der Waals surface area (Å²) in [6, 6.07) is 13.1. The number of hydrogen-bond donors (Lipinski definition) is 4. The highest BCUT2D eigenvalue weighted by Crippen LogP contribution is 2.28. The molecule has 1 unspecified atom stereocenters. The molecular formula is C21H21FO8. The third-order valence-corrected chi connectivity index (χ3v) is 4.98. The number of hydrogen-bond acceptors (Lipinski definition) is 7. The maximum absolute atomic E-state index is 14.6. The molecule has 1 heterocycles. The van der Waals surface area contributed by atoms with E-state index in [1.54, 1.807) is 36.4 Å². The van der Waals surface area contributed by atoms with Crippen molar-refractivity contribution in [2.24, 2.45) is 0 Å². The molecule has 0 amide bonds. The summed E-state index contributed by atoms with van der Waals surface area (Å²) in [6.45, 7) is 1.44. The van der Waals surface area contributed by atoms with E-state index in [0.29, 0.717) is 11.1 Å². The number of benzene rings is 2. The first kappa shape index (κ1) is 21.8. The minimum atomic E-state index is -1.90. The van der Waals surface area contributed by atoms with Crippen molar-refractivity contribution in [2.75, 3.05) is 0 Å². The van der Waals surface area contributed by atoms with Crippen molar-refractivity contribution < 1.29 is 43.9 Å². The first-order valence-electron chi connectivity index (χ1n) is 9.18. The van der Waals surface area contributed by atoms with E-state index < -0.39 is 54.4 Å². The third-order valence-electron chi connectivity index (χ3n) is 4.98. The fourth-order valence-corrected chi connectivity index (χ4v) is 3.15. The van der Waals surface area contributed by atoms with Crippen molar-refractivity contribution in [1.29, 1.82) is 0 Å². The summed E-state index contributed by atoms with van der Waals surface area (Å²) in [5.41, 5.74) is 1.31. The van der Waals surface area contributed by atoms with Gasteiger partial charge in [-0.3, -0.25) is 4.79 Å². The van der Waals surface area contributed by atoms with E-state index in [9.17, 15) is 29.3 Å². The minimum absolute atomic E-state index is 0.290. The van der Waals surface area contributed by atoms with Crippen molar-refractivity contribution >= 4 is 11.9 Å². The molecule has 160 valence electrons. The van der Waals surface area contributed by atoms with Gasteiger partial charge in [-0.05, 0) is 24.1 Å². The van der Waals surface area contributed by atoms with Gasteiger partial charge in [-0.2, -0.15) is 0 Å². The summed E-state index contributed by atoms with van der Waals surface area (Å²) in [5, 5.41) is 38.5. The average Bonchev–Trinajstić information content (AvgIpc) is 2.73. The molecule has 1 saturated heterocycles. The fraction of sp³-hybridized carbons (Fsp3) is 0.333. The standard InChI is InChI=1S/C21H21FO8/c1-10(12-7-8-13(14(22)9-12)11-5-3-2-4-6-11)20(28)30-21-17(25)15(23)16(24)18(29-21)19(26)27/h2-10,15-18,21,23-25H,1H3,(H,26,27)/t10-,15+,16+,17-,18+,21?/m1/s1. The smallest absolute Gasteiger partial charge is 0.335 e. The Hall–Kier alpha value is -2.85. The zero-order valence-corrected chi connectivity index (χ0v) is 15.9. The molecule has 8 nitrogen and oxygen atoms in total. The first-order valence-corrected chi connectivity index (χ1v) is 9.18. The SMILES string of the molecule is C[C@@H](C(=O)OC1O[C@H](C(=O)O)[C@@H](O)[C@H](O)[C@H]1O)c1ccc(-c2ccccc2)c(F)c1. The molecule has 6 atom stereocenters. The van der Waals surface area contributed by atoms with Gasteiger partial charge >= 0.3 is 11.9 Å². The van der Waals surface area contributed by atoms with Gasteiger partial charge in [0, 0.05) is 5.56 Å². The minimum Gasteiger partial charge on any atom is -0.479 e. The molecule has 0 bridgehead atoms. The van der Waals surface area contributed by atoms with E-state index in [4.69, 9.17) is 14.6 Å². The number of aliphatic hydroxyl groups excluding tert-OH is 3. The summed E-state index contributed by atoms with van der Waals surface area (Å²) in [7, 11) is 0. The molecular weight excluding hydrogens is 399 g/mol. The Bertz CT molecular complexity index is 918. The molecule has 0 aliphatic carbocycles. The molecule has 1 aliphatic rings. The van der Waals surface area contributed by atoms with Crippen LogP contribution in [0.1, 0.15) is 18.4 Å². The van der Waals surface area contributed by atoms with E-state index >= 15 is 0 Å². The molecule has 0 saturated carbocycles. The summed E-state index contributed by atoms with van der Waals surface area (Å²) in [5.74, 6) is -4.05. The average molecular weight is 420 g/mol. The predicted molar refractivity (Wildman–Crippen MR) is 101 cm³/mol. The van der Waals surface area contributed by atoms with Crippen LogP contribution in [0.25, 0.3) is 11.1 Å². The van der Waals surface area contributed by atoms with Crippen LogP contribution in [0.4, 0.5) is 4.39 Å². The van der Waals surface area contributed by atoms with Gasteiger partial charge in [0.05, 0.1) is 5.92 Å². The maximum Gasteiger partial charge on any atom is 0.335 e. The van der Waals surface area contributed by atoms with Crippen molar-refractivity contribution in [3.8, 4) is 11.1 Å². The molecule has 2 aromatic rings. The second kappa shape index (κ2) is 8.88. The molecule has 1 fully saturated rings. The summed E-state index contributed by atoms with van der Waals surface area (Å²) in [4.78, 5) is 23.6. The molecule has 0 radical (unpaired) electrons. The van der Waals surface area contributed by atoms with E-state index in [1.165, 1.54) is 19.1 Å². The number of carbonyl (C=O) groups excluding carboxylic acids is 1. The number of carboxylic acid groups (broad SMARTS) is 1. The number of rotatable bonds is 5. The fourth-order valence-electron chi connectivity index (χ4n) is 3.15. The lowest BCUT2D eigenvalue weighted by Gasteiger charge is -2.38. The highest BCUT2D eigenvalue weighted by Gasteiger charge is 2.48. The topological polar surface area (TPSA) is 134 Å². The highest BCUT2D eigenvalue weighted by molar-refractivity contribution is 5.78. The van der Waals surface area contributed by atoms with Crippen molar-refractivity contribution in [3.05, 3.63) is 59.9 Å². The lowest BCUT2D eigenvalue weighted by molar-refractivity contribution is -0.286. The molecule has 1 aliphatic heterocycles. The van der Waals surface area contributed by atoms with Crippen LogP contribution in [0.15, 0.2) is 48.5 Å². The zero-order valence-electron chi connectivity index (χ0n) is 15.9. The first-order chi connectivity index (χ1) is 14.2. The molecule has 30 heavy (non-hydrogen) atoms. The quantitative estimate of drug-likeness (QED) is 0.527. The molecule has 0 spiro atoms. The van der Waals surface area contributed by atoms with Crippen LogP contribution in [0, 0.1) is 5.82 Å².